The molecule has 18 N–H and O–H groups in total. The van der Waals surface area contributed by atoms with Crippen molar-refractivity contribution in [2.45, 2.75) is 263 Å². The van der Waals surface area contributed by atoms with Crippen molar-refractivity contribution >= 4 is 35.6 Å². The summed E-state index contributed by atoms with van der Waals surface area (Å²) in [4.78, 5) is 77.5. The molecular formula is C55H89N5O34. The predicted molar refractivity (Wildman–Crippen MR) is 298 cm³/mol. The fraction of sp³-hybridized carbons (Fsp3) is 0.891. The number of nitrogens with two attached hydrogens (primary N) is 1. The summed E-state index contributed by atoms with van der Waals surface area (Å²) in [5.74, 6) is -11.4. The molecule has 39 nitrogen and oxygen atoms in total. The van der Waals surface area contributed by atoms with Crippen LogP contribution >= 0.6 is 0 Å². The van der Waals surface area contributed by atoms with Gasteiger partial charge in [-0.2, -0.15) is 0 Å². The minimum absolute atomic E-state index is 0.0924. The van der Waals surface area contributed by atoms with Crippen molar-refractivity contribution in [3.8, 4) is 0 Å². The van der Waals surface area contributed by atoms with Crippen molar-refractivity contribution in [2.24, 2.45) is 5.73 Å². The van der Waals surface area contributed by atoms with E-state index < -0.39 is 264 Å². The van der Waals surface area contributed by atoms with Crippen LogP contribution in [0.1, 0.15) is 67.7 Å². The fourth-order valence-corrected chi connectivity index (χ4v) is 12.6. The zero-order chi connectivity index (χ0) is 69.0. The van der Waals surface area contributed by atoms with Gasteiger partial charge in [-0.05, 0) is 32.7 Å². The summed E-state index contributed by atoms with van der Waals surface area (Å²) < 4.78 is 98.2. The molecule has 8 aliphatic rings. The van der Waals surface area contributed by atoms with E-state index in [1.807, 2.05) is 0 Å². The van der Waals surface area contributed by atoms with Crippen LogP contribution in [-0.2, 0) is 105 Å². The Hall–Kier alpha value is -4.26. The number of aliphatic hydroxyl groups is 10. The number of nitrogens with one attached hydrogen (secondary N) is 4. The van der Waals surface area contributed by atoms with Gasteiger partial charge in [-0.3, -0.25) is 19.2 Å². The third-order valence-electron chi connectivity index (χ3n) is 17.2. The molecule has 0 aliphatic carbocycles. The molecule has 8 fully saturated rings. The Bertz CT molecular complexity index is 2570. The van der Waals surface area contributed by atoms with Gasteiger partial charge in [0.2, 0.25) is 23.6 Å². The zero-order valence-corrected chi connectivity index (χ0v) is 52.3. The monoisotopic (exact) mass is 1360 g/mol. The maximum Gasteiger partial charge on any atom is 0.364 e. The van der Waals surface area contributed by atoms with Gasteiger partial charge >= 0.3 is 11.9 Å². The molecule has 0 aromatic heterocycles. The molecule has 0 radical (unpaired) electrons. The van der Waals surface area contributed by atoms with Crippen molar-refractivity contribution in [3.63, 3.8) is 0 Å². The highest BCUT2D eigenvalue weighted by Crippen LogP contribution is 2.44. The maximum absolute atomic E-state index is 13.3. The third-order valence-corrected chi connectivity index (χ3v) is 17.2. The molecule has 8 saturated heterocycles. The number of hydrogen-bond acceptors (Lipinski definition) is 33. The van der Waals surface area contributed by atoms with Gasteiger partial charge in [-0.25, -0.2) is 9.59 Å². The summed E-state index contributed by atoms with van der Waals surface area (Å²) in [6.07, 6.45) is -42.8. The first-order chi connectivity index (χ1) is 44.5. The van der Waals surface area contributed by atoms with E-state index in [1.165, 1.54) is 6.92 Å². The zero-order valence-electron chi connectivity index (χ0n) is 52.3. The Balaban J connectivity index is 1.09. The van der Waals surface area contributed by atoms with E-state index in [4.69, 9.17) is 81.5 Å². The maximum atomic E-state index is 13.3. The average Bonchev–Trinajstić information content (AvgIpc) is 1.50. The van der Waals surface area contributed by atoms with E-state index in [0.29, 0.717) is 25.8 Å². The molecule has 8 heterocycles. The van der Waals surface area contributed by atoms with Gasteiger partial charge in [-0.15, -0.1) is 0 Å². The number of carboxylic acids is 2. The minimum Gasteiger partial charge on any atom is -0.477 e. The lowest BCUT2D eigenvalue weighted by molar-refractivity contribution is -0.368. The molecule has 4 amide bonds. The lowest BCUT2D eigenvalue weighted by Gasteiger charge is -2.51. The van der Waals surface area contributed by atoms with E-state index in [2.05, 4.69) is 21.3 Å². The Morgan fingerprint density at radius 1 is 0.404 bits per heavy atom. The van der Waals surface area contributed by atoms with Crippen molar-refractivity contribution < 1.29 is 166 Å². The SMILES string of the molecule is CC(=O)NC1C(OC2C(CO)OC(OC3C(O)C(CO)OC(OC4C(O)C(C)OC(OC5C(O)C(CO)OC(OC6C(CO)OC(OCCCCCN)C7O[C@@](C)(C(=O)O)OC67)C5NC(C)=O)C4NC(C)=O)C3NC(C)=O)C3O[C@@](C)(C(=O)O)OC23)OC(CO)C(O)C1O. The van der Waals surface area contributed by atoms with Crippen LogP contribution in [0.4, 0.5) is 0 Å². The second kappa shape index (κ2) is 32.2. The summed E-state index contributed by atoms with van der Waals surface area (Å²) >= 11 is 0. The molecule has 0 aromatic rings. The number of fused-ring (bicyclic) bond motifs is 2. The van der Waals surface area contributed by atoms with E-state index in [0.717, 1.165) is 41.5 Å². The molecule has 8 aliphatic heterocycles. The molecular weight excluding hydrogens is 1270 g/mol. The van der Waals surface area contributed by atoms with Crippen LogP contribution in [0.2, 0.25) is 0 Å². The predicted octanol–water partition coefficient (Wildman–Crippen LogP) is -9.62. The van der Waals surface area contributed by atoms with E-state index in [1.54, 1.807) is 0 Å². The molecule has 0 aromatic carbocycles. The highest BCUT2D eigenvalue weighted by atomic mass is 16.8. The number of rotatable bonds is 27. The Kier molecular flexibility index (Phi) is 25.8. The number of unbranched alkanes of at least 4 members (excludes halogenated alkanes) is 2. The van der Waals surface area contributed by atoms with Crippen molar-refractivity contribution in [2.75, 3.05) is 46.2 Å². The third kappa shape index (κ3) is 16.4. The van der Waals surface area contributed by atoms with Gasteiger partial charge in [0.05, 0.1) is 39.1 Å². The quantitative estimate of drug-likeness (QED) is 0.0340. The first kappa shape index (κ1) is 75.5. The lowest BCUT2D eigenvalue weighted by Crippen LogP contribution is -2.72. The number of aliphatic carboxylic acids is 2. The van der Waals surface area contributed by atoms with Crippen LogP contribution in [0.15, 0.2) is 0 Å². The van der Waals surface area contributed by atoms with E-state index in [-0.39, 0.29) is 6.61 Å². The average molecular weight is 1360 g/mol. The van der Waals surface area contributed by atoms with Gasteiger partial charge in [0.25, 0.3) is 11.6 Å². The molecule has 0 bridgehead atoms. The number of ether oxygens (including phenoxy) is 16. The molecule has 8 rings (SSSR count). The summed E-state index contributed by atoms with van der Waals surface area (Å²) in [5.41, 5.74) is 5.63. The number of carboxylic acid groups (broad SMARTS) is 2. The number of carbonyl (C=O) groups is 6. The second-order valence-electron chi connectivity index (χ2n) is 24.3. The smallest absolute Gasteiger partial charge is 0.364 e. The van der Waals surface area contributed by atoms with Gasteiger partial charge in [0.15, 0.2) is 37.7 Å². The van der Waals surface area contributed by atoms with Gasteiger partial charge in [0, 0.05) is 48.1 Å². The Morgan fingerprint density at radius 3 is 1.14 bits per heavy atom. The van der Waals surface area contributed by atoms with Gasteiger partial charge in [-0.1, -0.05) is 0 Å². The van der Waals surface area contributed by atoms with Crippen LogP contribution in [0.3, 0.4) is 0 Å². The standard InChI is InChI=1S/C55H89N5O34/c1-18-32(70)39(29(58-20(3)67)47(80-18)89-40-30(59-21(4)68)48(82-24(14-62)34(40)72)87-37-26(16-64)84-50(79-12-10-8-9-11-56)44-42(37)91-54(6,93-44)52(75)76)88-49-31(60-22(5)69)41(35(73)25(15-63)83-49)90-51-45-43(92-55(7,94-45)53(77)78)38(27(17-65)85-51)86-46-28(57-19(2)66)36(74)33(71)23(13-61)81-46/h18,23-51,61-65,70-74H,8-17,56H2,1-7H3,(H,57,66)(H,58,67)(H,59,68)(H,60,69)(H,75,76)(H,77,78)/t18?,23?,24?,25?,26?,27?,28?,29?,30?,31?,32?,33?,34?,35?,36?,37?,38?,39?,40?,41?,42?,43?,44?,45?,46?,47?,48?,49?,50?,51?,54-,55-/m0/s1. The molecule has 538 valence electrons. The lowest BCUT2D eigenvalue weighted by atomic mass is 9.93. The number of hydrogen-bond donors (Lipinski definition) is 17. The molecule has 30 unspecified atom stereocenters. The first-order valence-electron chi connectivity index (χ1n) is 30.7. The Morgan fingerprint density at radius 2 is 0.734 bits per heavy atom. The molecule has 39 heteroatoms. The van der Waals surface area contributed by atoms with Crippen LogP contribution in [0.5, 0.6) is 0 Å². The Labute approximate surface area is 536 Å². The fourth-order valence-electron chi connectivity index (χ4n) is 12.6. The molecule has 0 spiro atoms. The second-order valence-corrected chi connectivity index (χ2v) is 24.3. The number of aliphatic hydroxyl groups excluding tert-OH is 10. The summed E-state index contributed by atoms with van der Waals surface area (Å²) in [6, 6.07) is -6.81. The highest BCUT2D eigenvalue weighted by Gasteiger charge is 2.65. The largest absolute Gasteiger partial charge is 0.477 e. The summed E-state index contributed by atoms with van der Waals surface area (Å²) in [6.45, 7) is 3.47. The molecule has 0 saturated carbocycles. The molecule has 94 heavy (non-hydrogen) atoms. The van der Waals surface area contributed by atoms with E-state index in [9.17, 15) is 90.0 Å². The normalized spacial score (nSPS) is 45.4. The highest BCUT2D eigenvalue weighted by molar-refractivity contribution is 5.76. The van der Waals surface area contributed by atoms with Gasteiger partial charge in [0.1, 0.15) is 140 Å². The first-order valence-corrected chi connectivity index (χ1v) is 30.7. The van der Waals surface area contributed by atoms with Crippen molar-refractivity contribution in [1.29, 1.82) is 0 Å². The summed E-state index contributed by atoms with van der Waals surface area (Å²) in [5, 5.41) is 142. The topological polar surface area (TPSA) is 567 Å². The van der Waals surface area contributed by atoms with Crippen molar-refractivity contribution in [1.82, 2.24) is 21.3 Å². The van der Waals surface area contributed by atoms with Crippen molar-refractivity contribution in [3.05, 3.63) is 0 Å². The van der Waals surface area contributed by atoms with Crippen LogP contribution < -0.4 is 27.0 Å². The number of amides is 4. The van der Waals surface area contributed by atoms with Crippen LogP contribution in [0, 0.1) is 0 Å². The van der Waals surface area contributed by atoms with Gasteiger partial charge < -0.3 is 164 Å². The molecule has 32 atom stereocenters. The minimum atomic E-state index is -2.57. The van der Waals surface area contributed by atoms with Crippen LogP contribution in [-0.4, -0.2) is 339 Å². The van der Waals surface area contributed by atoms with E-state index >= 15 is 0 Å². The number of carbonyl (C=O) groups excluding carboxylic acids is 4. The summed E-state index contributed by atoms with van der Waals surface area (Å²) in [7, 11) is 0. The van der Waals surface area contributed by atoms with Crippen LogP contribution in [0.25, 0.3) is 0 Å².